The number of nitrogens with zero attached hydrogens (tertiary/aromatic N) is 2. The van der Waals surface area contributed by atoms with Crippen molar-refractivity contribution in [3.05, 3.63) is 53.4 Å². The van der Waals surface area contributed by atoms with Gasteiger partial charge in [-0.25, -0.2) is 8.78 Å². The second kappa shape index (κ2) is 6.58. The number of halogens is 2. The second-order valence-corrected chi connectivity index (χ2v) is 4.65. The molecule has 0 aliphatic heterocycles. The first-order valence-electron chi connectivity index (χ1n) is 6.57. The molecule has 0 aliphatic rings. The molecule has 2 rings (SSSR count). The van der Waals surface area contributed by atoms with Gasteiger partial charge in [-0.1, -0.05) is 13.0 Å². The maximum Gasteiger partial charge on any atom is 0.159 e. The Kier molecular flexibility index (Phi) is 4.81. The van der Waals surface area contributed by atoms with Crippen molar-refractivity contribution < 1.29 is 8.78 Å². The zero-order valence-corrected chi connectivity index (χ0v) is 11.3. The van der Waals surface area contributed by atoms with Gasteiger partial charge < -0.3 is 0 Å². The molecule has 0 amide bonds. The van der Waals surface area contributed by atoms with Crippen molar-refractivity contribution in [2.45, 2.75) is 32.4 Å². The van der Waals surface area contributed by atoms with E-state index in [0.717, 1.165) is 24.7 Å². The Morgan fingerprint density at radius 2 is 2.10 bits per heavy atom. The Morgan fingerprint density at radius 1 is 1.30 bits per heavy atom. The fourth-order valence-corrected chi connectivity index (χ4v) is 2.19. The SMILES string of the molecule is CCCn1nccc1C(Cc1ccc(F)c(F)c1)NN. The third-order valence-electron chi connectivity index (χ3n) is 3.17. The van der Waals surface area contributed by atoms with Crippen LogP contribution in [0.15, 0.2) is 30.5 Å². The lowest BCUT2D eigenvalue weighted by Gasteiger charge is -2.17. The van der Waals surface area contributed by atoms with Crippen molar-refractivity contribution in [3.8, 4) is 0 Å². The summed E-state index contributed by atoms with van der Waals surface area (Å²) >= 11 is 0. The summed E-state index contributed by atoms with van der Waals surface area (Å²) in [6.07, 6.45) is 3.13. The fraction of sp³-hybridized carbons (Fsp3) is 0.357. The number of hydrazine groups is 1. The molecule has 0 saturated heterocycles. The maximum atomic E-state index is 13.2. The van der Waals surface area contributed by atoms with E-state index in [1.54, 1.807) is 12.3 Å². The summed E-state index contributed by atoms with van der Waals surface area (Å²) < 4.78 is 28.0. The van der Waals surface area contributed by atoms with E-state index in [2.05, 4.69) is 17.4 Å². The molecule has 1 heterocycles. The monoisotopic (exact) mass is 280 g/mol. The molecule has 108 valence electrons. The van der Waals surface area contributed by atoms with Crippen LogP contribution in [0.1, 0.15) is 30.6 Å². The lowest BCUT2D eigenvalue weighted by Crippen LogP contribution is -2.31. The van der Waals surface area contributed by atoms with Gasteiger partial charge in [0.2, 0.25) is 0 Å². The quantitative estimate of drug-likeness (QED) is 0.630. The molecule has 6 heteroatoms. The van der Waals surface area contributed by atoms with Gasteiger partial charge in [0.1, 0.15) is 0 Å². The molecule has 0 saturated carbocycles. The normalized spacial score (nSPS) is 12.6. The predicted octanol–water partition coefficient (Wildman–Crippen LogP) is 2.32. The molecular formula is C14H18F2N4. The van der Waals surface area contributed by atoms with E-state index in [1.807, 2.05) is 10.7 Å². The van der Waals surface area contributed by atoms with Gasteiger partial charge in [-0.2, -0.15) is 5.10 Å². The molecule has 20 heavy (non-hydrogen) atoms. The molecule has 4 nitrogen and oxygen atoms in total. The fourth-order valence-electron chi connectivity index (χ4n) is 2.19. The minimum absolute atomic E-state index is 0.200. The third-order valence-corrected chi connectivity index (χ3v) is 3.17. The first-order valence-corrected chi connectivity index (χ1v) is 6.57. The van der Waals surface area contributed by atoms with Crippen LogP contribution in [-0.2, 0) is 13.0 Å². The summed E-state index contributed by atoms with van der Waals surface area (Å²) in [4.78, 5) is 0. The first-order chi connectivity index (χ1) is 9.65. The molecule has 0 radical (unpaired) electrons. The van der Waals surface area contributed by atoms with Crippen LogP contribution in [-0.4, -0.2) is 9.78 Å². The highest BCUT2D eigenvalue weighted by molar-refractivity contribution is 5.21. The Bertz CT molecular complexity index is 568. The molecular weight excluding hydrogens is 262 g/mol. The zero-order chi connectivity index (χ0) is 14.5. The first kappa shape index (κ1) is 14.6. The molecule has 3 N–H and O–H groups in total. The van der Waals surface area contributed by atoms with Crippen LogP contribution in [0.25, 0.3) is 0 Å². The summed E-state index contributed by atoms with van der Waals surface area (Å²) in [5.74, 6) is 3.89. The molecule has 0 bridgehead atoms. The average molecular weight is 280 g/mol. The van der Waals surface area contributed by atoms with Gasteiger partial charge >= 0.3 is 0 Å². The number of aromatic nitrogens is 2. The van der Waals surface area contributed by atoms with E-state index < -0.39 is 11.6 Å². The second-order valence-electron chi connectivity index (χ2n) is 4.65. The van der Waals surface area contributed by atoms with Gasteiger partial charge in [0.05, 0.1) is 11.7 Å². The Labute approximate surface area is 116 Å². The van der Waals surface area contributed by atoms with Crippen LogP contribution in [0, 0.1) is 11.6 Å². The van der Waals surface area contributed by atoms with E-state index >= 15 is 0 Å². The smallest absolute Gasteiger partial charge is 0.159 e. The summed E-state index contributed by atoms with van der Waals surface area (Å²) in [5.41, 5.74) is 4.32. The van der Waals surface area contributed by atoms with Gasteiger partial charge in [-0.05, 0) is 36.6 Å². The average Bonchev–Trinajstić information content (AvgIpc) is 2.88. The summed E-state index contributed by atoms with van der Waals surface area (Å²) in [6, 6.07) is 5.56. The maximum absolute atomic E-state index is 13.2. The van der Waals surface area contributed by atoms with E-state index in [4.69, 9.17) is 5.84 Å². The predicted molar refractivity (Wildman–Crippen MR) is 72.6 cm³/mol. The van der Waals surface area contributed by atoms with Crippen LogP contribution in [0.4, 0.5) is 8.78 Å². The van der Waals surface area contributed by atoms with E-state index in [-0.39, 0.29) is 6.04 Å². The standard InChI is InChI=1S/C14H18F2N4/c1-2-7-20-14(5-6-18-20)13(19-17)9-10-3-4-11(15)12(16)8-10/h3-6,8,13,19H,2,7,9,17H2,1H3. The topological polar surface area (TPSA) is 55.9 Å². The number of rotatable bonds is 6. The van der Waals surface area contributed by atoms with Gasteiger partial charge in [-0.3, -0.25) is 16.0 Å². The van der Waals surface area contributed by atoms with Crippen molar-refractivity contribution >= 4 is 0 Å². The van der Waals surface area contributed by atoms with Crippen molar-refractivity contribution in [1.82, 2.24) is 15.2 Å². The number of hydrogen-bond donors (Lipinski definition) is 2. The number of nitrogens with two attached hydrogens (primary N) is 1. The molecule has 1 aromatic carbocycles. The Balaban J connectivity index is 2.19. The van der Waals surface area contributed by atoms with Crippen LogP contribution in [0.3, 0.4) is 0 Å². The minimum Gasteiger partial charge on any atom is -0.271 e. The van der Waals surface area contributed by atoms with E-state index in [0.29, 0.717) is 12.0 Å². The number of hydrogen-bond acceptors (Lipinski definition) is 3. The highest BCUT2D eigenvalue weighted by atomic mass is 19.2. The van der Waals surface area contributed by atoms with E-state index in [9.17, 15) is 8.78 Å². The Hall–Kier alpha value is -1.79. The lowest BCUT2D eigenvalue weighted by atomic mass is 10.0. The number of benzene rings is 1. The highest BCUT2D eigenvalue weighted by Gasteiger charge is 2.16. The van der Waals surface area contributed by atoms with Crippen molar-refractivity contribution in [2.75, 3.05) is 0 Å². The third kappa shape index (κ3) is 3.20. The highest BCUT2D eigenvalue weighted by Crippen LogP contribution is 2.19. The van der Waals surface area contributed by atoms with Crippen molar-refractivity contribution in [3.63, 3.8) is 0 Å². The summed E-state index contributed by atoms with van der Waals surface area (Å²) in [7, 11) is 0. The largest absolute Gasteiger partial charge is 0.271 e. The molecule has 0 aliphatic carbocycles. The van der Waals surface area contributed by atoms with Gasteiger partial charge in [0, 0.05) is 12.7 Å². The van der Waals surface area contributed by atoms with E-state index in [1.165, 1.54) is 6.07 Å². The van der Waals surface area contributed by atoms with Crippen molar-refractivity contribution in [2.24, 2.45) is 5.84 Å². The molecule has 0 spiro atoms. The molecule has 1 aromatic heterocycles. The van der Waals surface area contributed by atoms with Crippen LogP contribution in [0.5, 0.6) is 0 Å². The molecule has 1 atom stereocenters. The number of aryl methyl sites for hydroxylation is 1. The van der Waals surface area contributed by atoms with Gasteiger partial charge in [-0.15, -0.1) is 0 Å². The molecule has 1 unspecified atom stereocenters. The Morgan fingerprint density at radius 3 is 2.75 bits per heavy atom. The van der Waals surface area contributed by atoms with Gasteiger partial charge in [0.25, 0.3) is 0 Å². The van der Waals surface area contributed by atoms with Crippen LogP contribution >= 0.6 is 0 Å². The summed E-state index contributed by atoms with van der Waals surface area (Å²) in [6.45, 7) is 2.85. The van der Waals surface area contributed by atoms with Gasteiger partial charge in [0.15, 0.2) is 11.6 Å². The number of nitrogens with one attached hydrogen (secondary N) is 1. The molecule has 2 aromatic rings. The zero-order valence-electron chi connectivity index (χ0n) is 11.3. The summed E-state index contributed by atoms with van der Waals surface area (Å²) in [5, 5.41) is 4.24. The van der Waals surface area contributed by atoms with Crippen LogP contribution < -0.4 is 11.3 Å². The minimum atomic E-state index is -0.847. The lowest BCUT2D eigenvalue weighted by molar-refractivity contribution is 0.474. The molecule has 0 fully saturated rings. The van der Waals surface area contributed by atoms with Crippen molar-refractivity contribution in [1.29, 1.82) is 0 Å². The van der Waals surface area contributed by atoms with Crippen LogP contribution in [0.2, 0.25) is 0 Å².